The summed E-state index contributed by atoms with van der Waals surface area (Å²) in [5, 5.41) is 41.7. The van der Waals surface area contributed by atoms with Gasteiger partial charge in [0.15, 0.2) is 34.3 Å². The van der Waals surface area contributed by atoms with Gasteiger partial charge in [-0.2, -0.15) is 0 Å². The lowest BCUT2D eigenvalue weighted by Crippen LogP contribution is -2.67. The van der Waals surface area contributed by atoms with Gasteiger partial charge in [0.05, 0.1) is 31.0 Å². The Labute approximate surface area is 337 Å². The van der Waals surface area contributed by atoms with E-state index in [0.717, 1.165) is 11.8 Å². The standard InChI is InChI=1S/C42H67N3O12/c1-14-25(4)31(43-11)29(46)22-42(55,37(51)57-39(7,8)9)36(50)41(54,34(48)32(44-12)26(5)15-2)23-30(47)40(10,53)35(49)33(27(6)16-3)45(13)38(52)56-24-28-20-18-17-19-21-28/h17-21,25-27,31-33,43-44,53-55H,14-16,22-24H2,1-13H3/t25?,26?,27?,31-,32-,33-,40?,41?,42?/m0/s1. The van der Waals surface area contributed by atoms with Gasteiger partial charge in [-0.3, -0.25) is 24.0 Å². The average Bonchev–Trinajstić information content (AvgIpc) is 3.15. The number of aliphatic hydroxyl groups is 3. The van der Waals surface area contributed by atoms with E-state index < -0.39 is 106 Å². The molecule has 0 saturated heterocycles. The zero-order valence-electron chi connectivity index (χ0n) is 36.1. The Morgan fingerprint density at radius 3 is 1.67 bits per heavy atom. The SMILES string of the molecule is CCC(C)[C@H](NC)C(=O)CC(O)(C(=O)OC(C)(C)C)C(=O)C(O)(CC(=O)C(C)(O)C(=O)[C@H](C(C)CC)N(C)C(=O)OCc1ccccc1)C(=O)[C@@H](NC)C(C)CC. The summed E-state index contributed by atoms with van der Waals surface area (Å²) >= 11 is 0. The van der Waals surface area contributed by atoms with E-state index in [0.29, 0.717) is 18.4 Å². The van der Waals surface area contributed by atoms with Gasteiger partial charge in [-0.25, -0.2) is 9.59 Å². The molecule has 0 radical (unpaired) electrons. The van der Waals surface area contributed by atoms with Crippen LogP contribution in [0.1, 0.15) is 107 Å². The minimum absolute atomic E-state index is 0.143. The van der Waals surface area contributed by atoms with Crippen LogP contribution in [0.5, 0.6) is 0 Å². The summed E-state index contributed by atoms with van der Waals surface area (Å²) in [6.07, 6.45) is -2.72. The Hall–Kier alpha value is -3.89. The number of hydrogen-bond donors (Lipinski definition) is 5. The van der Waals surface area contributed by atoms with Crippen LogP contribution >= 0.6 is 0 Å². The largest absolute Gasteiger partial charge is 0.457 e. The molecule has 6 unspecified atom stereocenters. The number of rotatable bonds is 24. The minimum atomic E-state index is -3.61. The second-order valence-corrected chi connectivity index (χ2v) is 16.4. The van der Waals surface area contributed by atoms with Crippen molar-refractivity contribution in [2.24, 2.45) is 17.8 Å². The fourth-order valence-electron chi connectivity index (χ4n) is 6.56. The van der Waals surface area contributed by atoms with Gasteiger partial charge in [0.1, 0.15) is 12.2 Å². The molecule has 0 saturated carbocycles. The third-order valence-corrected chi connectivity index (χ3v) is 10.8. The summed E-state index contributed by atoms with van der Waals surface area (Å²) in [4.78, 5) is 99.5. The zero-order valence-corrected chi connectivity index (χ0v) is 36.1. The molecule has 0 heterocycles. The number of esters is 1. The molecule has 15 nitrogen and oxygen atoms in total. The molecule has 0 fully saturated rings. The van der Waals surface area contributed by atoms with Crippen molar-refractivity contribution in [3.05, 3.63) is 35.9 Å². The van der Waals surface area contributed by atoms with Crippen molar-refractivity contribution in [3.8, 4) is 0 Å². The molecule has 1 aromatic rings. The summed E-state index contributed by atoms with van der Waals surface area (Å²) in [6.45, 7) is 15.1. The molecule has 0 aromatic heterocycles. The summed E-state index contributed by atoms with van der Waals surface area (Å²) in [5.41, 5.74) is -10.9. The minimum Gasteiger partial charge on any atom is -0.457 e. The molecular weight excluding hydrogens is 738 g/mol. The molecule has 0 spiro atoms. The Kier molecular flexibility index (Phi) is 19.0. The van der Waals surface area contributed by atoms with Gasteiger partial charge in [0.2, 0.25) is 11.4 Å². The van der Waals surface area contributed by atoms with Crippen LogP contribution < -0.4 is 10.6 Å². The normalized spacial score (nSPS) is 18.2. The quantitative estimate of drug-likeness (QED) is 0.0748. The first kappa shape index (κ1) is 51.1. The molecule has 57 heavy (non-hydrogen) atoms. The number of carbonyl (C=O) groups excluding carboxylic acids is 7. The van der Waals surface area contributed by atoms with E-state index in [1.165, 1.54) is 41.9 Å². The fraction of sp³-hybridized carbons (Fsp3) is 0.690. The van der Waals surface area contributed by atoms with Gasteiger partial charge in [0, 0.05) is 7.05 Å². The first-order valence-electron chi connectivity index (χ1n) is 19.6. The lowest BCUT2D eigenvalue weighted by atomic mass is 9.71. The molecular formula is C42H67N3O12. The van der Waals surface area contributed by atoms with E-state index in [1.807, 2.05) is 0 Å². The van der Waals surface area contributed by atoms with Crippen LogP contribution in [-0.4, -0.2) is 123 Å². The van der Waals surface area contributed by atoms with E-state index >= 15 is 0 Å². The van der Waals surface area contributed by atoms with Crippen LogP contribution in [0, 0.1) is 17.8 Å². The van der Waals surface area contributed by atoms with Gasteiger partial charge in [0.25, 0.3) is 0 Å². The number of ketones is 5. The number of nitrogens with zero attached hydrogens (tertiary/aromatic N) is 1. The Balaban J connectivity index is 3.92. The van der Waals surface area contributed by atoms with Crippen LogP contribution in [0.2, 0.25) is 0 Å². The highest BCUT2D eigenvalue weighted by atomic mass is 16.6. The molecule has 1 amide bonds. The molecule has 5 N–H and O–H groups in total. The van der Waals surface area contributed by atoms with Crippen molar-refractivity contribution in [2.45, 2.75) is 148 Å². The third kappa shape index (κ3) is 12.5. The Morgan fingerprint density at radius 2 is 1.21 bits per heavy atom. The van der Waals surface area contributed by atoms with E-state index in [4.69, 9.17) is 9.47 Å². The maximum atomic E-state index is 14.8. The molecule has 0 aliphatic rings. The number of ether oxygens (including phenoxy) is 2. The van der Waals surface area contributed by atoms with Gasteiger partial charge < -0.3 is 40.3 Å². The van der Waals surface area contributed by atoms with Crippen molar-refractivity contribution in [1.29, 1.82) is 0 Å². The Bertz CT molecular complexity index is 1580. The Morgan fingerprint density at radius 1 is 0.719 bits per heavy atom. The number of amides is 1. The lowest BCUT2D eigenvalue weighted by Gasteiger charge is -2.39. The molecule has 1 rings (SSSR count). The van der Waals surface area contributed by atoms with Gasteiger partial charge in [-0.1, -0.05) is 91.1 Å². The van der Waals surface area contributed by atoms with Crippen LogP contribution in [-0.2, 0) is 44.8 Å². The van der Waals surface area contributed by atoms with E-state index in [9.17, 15) is 48.9 Å². The van der Waals surface area contributed by atoms with Gasteiger partial charge in [-0.15, -0.1) is 0 Å². The fourth-order valence-corrected chi connectivity index (χ4v) is 6.56. The maximum Gasteiger partial charge on any atom is 0.410 e. The maximum absolute atomic E-state index is 14.8. The second kappa shape index (κ2) is 21.2. The number of nitrogens with one attached hydrogen (secondary N) is 2. The molecule has 1 aromatic carbocycles. The van der Waals surface area contributed by atoms with Crippen molar-refractivity contribution in [1.82, 2.24) is 15.5 Å². The van der Waals surface area contributed by atoms with Crippen LogP contribution in [0.3, 0.4) is 0 Å². The molecule has 322 valence electrons. The highest BCUT2D eigenvalue weighted by molar-refractivity contribution is 6.25. The molecule has 9 atom stereocenters. The van der Waals surface area contributed by atoms with Crippen molar-refractivity contribution < 1.29 is 58.4 Å². The molecule has 0 bridgehead atoms. The molecule has 0 aliphatic heterocycles. The van der Waals surface area contributed by atoms with Crippen LogP contribution in [0.4, 0.5) is 4.79 Å². The topological polar surface area (TPSA) is 226 Å². The highest BCUT2D eigenvalue weighted by Crippen LogP contribution is 2.33. The van der Waals surface area contributed by atoms with Gasteiger partial charge >= 0.3 is 12.1 Å². The second-order valence-electron chi connectivity index (χ2n) is 16.4. The number of likely N-dealkylation sites (N-methyl/N-ethyl adjacent to an activating group) is 3. The average molecular weight is 806 g/mol. The highest BCUT2D eigenvalue weighted by Gasteiger charge is 2.62. The van der Waals surface area contributed by atoms with Crippen molar-refractivity contribution in [3.63, 3.8) is 0 Å². The van der Waals surface area contributed by atoms with Gasteiger partial charge in [-0.05, 0) is 65.1 Å². The number of carbonyl (C=O) groups is 7. The van der Waals surface area contributed by atoms with Crippen LogP contribution in [0.25, 0.3) is 0 Å². The molecule has 15 heteroatoms. The summed E-state index contributed by atoms with van der Waals surface area (Å²) in [6, 6.07) is 4.90. The number of Topliss-reactive ketones (excluding diaryl/α,β-unsaturated/α-hetero) is 5. The molecule has 0 aliphatic carbocycles. The first-order chi connectivity index (χ1) is 26.2. The lowest BCUT2D eigenvalue weighted by molar-refractivity contribution is -0.190. The zero-order chi connectivity index (χ0) is 44.3. The summed E-state index contributed by atoms with van der Waals surface area (Å²) in [5.74, 6) is -10.2. The van der Waals surface area contributed by atoms with Crippen molar-refractivity contribution in [2.75, 3.05) is 21.1 Å². The monoisotopic (exact) mass is 805 g/mol. The smallest absolute Gasteiger partial charge is 0.410 e. The number of hydrogen-bond acceptors (Lipinski definition) is 14. The van der Waals surface area contributed by atoms with E-state index in [2.05, 4.69) is 10.6 Å². The first-order valence-corrected chi connectivity index (χ1v) is 19.6. The number of benzene rings is 1. The van der Waals surface area contributed by atoms with E-state index in [-0.39, 0.29) is 18.9 Å². The van der Waals surface area contributed by atoms with Crippen LogP contribution in [0.15, 0.2) is 30.3 Å². The predicted octanol–water partition coefficient (Wildman–Crippen LogP) is 3.12. The third-order valence-electron chi connectivity index (χ3n) is 10.8. The van der Waals surface area contributed by atoms with E-state index in [1.54, 1.807) is 71.9 Å². The summed E-state index contributed by atoms with van der Waals surface area (Å²) in [7, 11) is 4.08. The predicted molar refractivity (Wildman–Crippen MR) is 213 cm³/mol. The summed E-state index contributed by atoms with van der Waals surface area (Å²) < 4.78 is 10.8. The van der Waals surface area contributed by atoms with Crippen molar-refractivity contribution >= 4 is 41.0 Å².